The quantitative estimate of drug-likeness (QED) is 0.780. The van der Waals surface area contributed by atoms with E-state index >= 15 is 0 Å². The highest BCUT2D eigenvalue weighted by Crippen LogP contribution is 2.28. The van der Waals surface area contributed by atoms with Crippen LogP contribution in [0.4, 0.5) is 11.4 Å². The number of amides is 2. The van der Waals surface area contributed by atoms with Gasteiger partial charge in [-0.05, 0) is 24.3 Å². The van der Waals surface area contributed by atoms with E-state index in [1.165, 1.54) is 11.8 Å². The van der Waals surface area contributed by atoms with Crippen LogP contribution in [0.25, 0.3) is 0 Å². The highest BCUT2D eigenvalue weighted by Gasteiger charge is 2.26. The van der Waals surface area contributed by atoms with Crippen LogP contribution in [0.15, 0.2) is 48.5 Å². The number of nitriles is 1. The Balaban J connectivity index is 1.67. The lowest BCUT2D eigenvalue weighted by molar-refractivity contribution is -0.131. The number of piperazine rings is 1. The van der Waals surface area contributed by atoms with Gasteiger partial charge in [-0.2, -0.15) is 5.26 Å². The molecule has 29 heavy (non-hydrogen) atoms. The van der Waals surface area contributed by atoms with Crippen LogP contribution in [0.3, 0.4) is 0 Å². The zero-order chi connectivity index (χ0) is 20.8. The fourth-order valence-corrected chi connectivity index (χ4v) is 3.49. The Morgan fingerprint density at radius 1 is 1.07 bits per heavy atom. The first-order chi connectivity index (χ1) is 14.0. The lowest BCUT2D eigenvalue weighted by Crippen LogP contribution is -2.52. The molecular formula is C22H24N4O3. The smallest absolute Gasteiger partial charge is 0.242 e. The second-order valence-corrected chi connectivity index (χ2v) is 6.77. The molecule has 1 aliphatic heterocycles. The fraction of sp³-hybridized carbons (Fsp3) is 0.318. The summed E-state index contributed by atoms with van der Waals surface area (Å²) in [6.45, 7) is 3.80. The number of carbonyl (C=O) groups is 2. The van der Waals surface area contributed by atoms with Crippen molar-refractivity contribution in [3.05, 3.63) is 54.1 Å². The van der Waals surface area contributed by atoms with Crippen molar-refractivity contribution in [3.63, 3.8) is 0 Å². The molecule has 0 unspecified atom stereocenters. The molecule has 3 rings (SSSR count). The Kier molecular flexibility index (Phi) is 6.35. The van der Waals surface area contributed by atoms with Crippen LogP contribution >= 0.6 is 0 Å². The average molecular weight is 392 g/mol. The largest absolute Gasteiger partial charge is 0.495 e. The van der Waals surface area contributed by atoms with E-state index in [1.54, 1.807) is 36.3 Å². The number of rotatable bonds is 5. The molecule has 0 aliphatic carbocycles. The third-order valence-corrected chi connectivity index (χ3v) is 5.05. The Bertz CT molecular complexity index is 930. The molecule has 0 N–H and O–H groups in total. The first-order valence-corrected chi connectivity index (χ1v) is 9.48. The van der Waals surface area contributed by atoms with Crippen molar-refractivity contribution in [2.75, 3.05) is 49.6 Å². The minimum atomic E-state index is -0.270. The van der Waals surface area contributed by atoms with Crippen LogP contribution in [-0.4, -0.2) is 56.5 Å². The zero-order valence-electron chi connectivity index (χ0n) is 16.7. The maximum atomic E-state index is 12.9. The number of anilines is 2. The predicted molar refractivity (Wildman–Crippen MR) is 111 cm³/mol. The Labute approximate surface area is 170 Å². The van der Waals surface area contributed by atoms with Gasteiger partial charge in [0.1, 0.15) is 18.4 Å². The van der Waals surface area contributed by atoms with E-state index in [4.69, 9.17) is 4.74 Å². The van der Waals surface area contributed by atoms with Gasteiger partial charge in [-0.1, -0.05) is 24.3 Å². The summed E-state index contributed by atoms with van der Waals surface area (Å²) in [5, 5.41) is 9.31. The van der Waals surface area contributed by atoms with E-state index in [-0.39, 0.29) is 18.4 Å². The highest BCUT2D eigenvalue weighted by atomic mass is 16.5. The lowest BCUT2D eigenvalue weighted by Gasteiger charge is -2.37. The maximum Gasteiger partial charge on any atom is 0.242 e. The summed E-state index contributed by atoms with van der Waals surface area (Å²) in [5.74, 6) is 0.407. The van der Waals surface area contributed by atoms with Crippen LogP contribution < -0.4 is 14.5 Å². The van der Waals surface area contributed by atoms with Gasteiger partial charge >= 0.3 is 0 Å². The van der Waals surface area contributed by atoms with Crippen molar-refractivity contribution in [1.29, 1.82) is 5.26 Å². The van der Waals surface area contributed by atoms with Gasteiger partial charge in [0.05, 0.1) is 24.0 Å². The molecule has 0 saturated carbocycles. The van der Waals surface area contributed by atoms with Gasteiger partial charge < -0.3 is 19.4 Å². The first kappa shape index (κ1) is 20.2. The molecule has 1 fully saturated rings. The summed E-state index contributed by atoms with van der Waals surface area (Å²) in [4.78, 5) is 30.3. The third kappa shape index (κ3) is 4.49. The molecule has 0 atom stereocenters. The Hall–Kier alpha value is -3.53. The average Bonchev–Trinajstić information content (AvgIpc) is 2.77. The van der Waals surface area contributed by atoms with E-state index < -0.39 is 0 Å². The standard InChI is InChI=1S/C22H24N4O3/c1-17(27)26(19-8-4-3-7-18(19)15-23)16-22(28)25-13-11-24(12-14-25)20-9-5-6-10-21(20)29-2/h3-10H,11-14,16H2,1-2H3. The maximum absolute atomic E-state index is 12.9. The highest BCUT2D eigenvalue weighted by molar-refractivity contribution is 5.98. The summed E-state index contributed by atoms with van der Waals surface area (Å²) in [6, 6.07) is 16.7. The Morgan fingerprint density at radius 2 is 1.72 bits per heavy atom. The number of hydrogen-bond donors (Lipinski definition) is 0. The van der Waals surface area contributed by atoms with Gasteiger partial charge in [-0.25, -0.2) is 0 Å². The molecule has 0 radical (unpaired) electrons. The van der Waals surface area contributed by atoms with Crippen LogP contribution in [0.2, 0.25) is 0 Å². The van der Waals surface area contributed by atoms with Gasteiger partial charge in [0.2, 0.25) is 11.8 Å². The second-order valence-electron chi connectivity index (χ2n) is 6.77. The monoisotopic (exact) mass is 392 g/mol. The van der Waals surface area contributed by atoms with E-state index in [1.807, 2.05) is 24.3 Å². The molecule has 2 amide bonds. The summed E-state index contributed by atoms with van der Waals surface area (Å²) >= 11 is 0. The minimum Gasteiger partial charge on any atom is -0.495 e. The summed E-state index contributed by atoms with van der Waals surface area (Å²) in [6.07, 6.45) is 0. The van der Waals surface area contributed by atoms with Crippen molar-refractivity contribution < 1.29 is 14.3 Å². The molecule has 2 aromatic carbocycles. The number of hydrogen-bond acceptors (Lipinski definition) is 5. The van der Waals surface area contributed by atoms with E-state index in [0.29, 0.717) is 37.4 Å². The Morgan fingerprint density at radius 3 is 2.38 bits per heavy atom. The molecule has 1 aliphatic rings. The van der Waals surface area contributed by atoms with Gasteiger partial charge in [-0.3, -0.25) is 9.59 Å². The molecule has 150 valence electrons. The number of carbonyl (C=O) groups excluding carboxylic acids is 2. The van der Waals surface area contributed by atoms with E-state index in [0.717, 1.165) is 11.4 Å². The van der Waals surface area contributed by atoms with Crippen molar-refractivity contribution in [2.45, 2.75) is 6.92 Å². The van der Waals surface area contributed by atoms with Gasteiger partial charge in [0, 0.05) is 33.1 Å². The topological polar surface area (TPSA) is 76.9 Å². The zero-order valence-corrected chi connectivity index (χ0v) is 16.7. The first-order valence-electron chi connectivity index (χ1n) is 9.48. The second kappa shape index (κ2) is 9.11. The lowest BCUT2D eigenvalue weighted by atomic mass is 10.1. The molecule has 0 aromatic heterocycles. The normalized spacial score (nSPS) is 13.6. The van der Waals surface area contributed by atoms with Crippen molar-refractivity contribution in [3.8, 4) is 11.8 Å². The number of para-hydroxylation sites is 3. The number of methoxy groups -OCH3 is 1. The van der Waals surface area contributed by atoms with Crippen LogP contribution in [0.1, 0.15) is 12.5 Å². The molecule has 1 heterocycles. The van der Waals surface area contributed by atoms with E-state index in [9.17, 15) is 14.9 Å². The van der Waals surface area contributed by atoms with E-state index in [2.05, 4.69) is 11.0 Å². The van der Waals surface area contributed by atoms with Crippen molar-refractivity contribution in [2.24, 2.45) is 0 Å². The van der Waals surface area contributed by atoms with Crippen molar-refractivity contribution in [1.82, 2.24) is 4.90 Å². The summed E-state index contributed by atoms with van der Waals surface area (Å²) in [7, 11) is 1.65. The fourth-order valence-electron chi connectivity index (χ4n) is 3.49. The van der Waals surface area contributed by atoms with Gasteiger partial charge in [-0.15, -0.1) is 0 Å². The molecule has 0 bridgehead atoms. The molecule has 0 spiro atoms. The van der Waals surface area contributed by atoms with Crippen LogP contribution in [0, 0.1) is 11.3 Å². The number of benzene rings is 2. The summed E-state index contributed by atoms with van der Waals surface area (Å²) < 4.78 is 5.43. The van der Waals surface area contributed by atoms with Crippen LogP contribution in [-0.2, 0) is 9.59 Å². The molecule has 1 saturated heterocycles. The molecule has 7 heteroatoms. The molecular weight excluding hydrogens is 368 g/mol. The van der Waals surface area contributed by atoms with Gasteiger partial charge in [0.15, 0.2) is 0 Å². The molecule has 7 nitrogen and oxygen atoms in total. The summed E-state index contributed by atoms with van der Waals surface area (Å²) in [5.41, 5.74) is 1.84. The van der Waals surface area contributed by atoms with Gasteiger partial charge in [0.25, 0.3) is 0 Å². The van der Waals surface area contributed by atoms with Crippen LogP contribution in [0.5, 0.6) is 5.75 Å². The number of nitrogens with zero attached hydrogens (tertiary/aromatic N) is 4. The SMILES string of the molecule is COc1ccccc1N1CCN(C(=O)CN(C(C)=O)c2ccccc2C#N)CC1. The predicted octanol–water partition coefficient (Wildman–Crippen LogP) is 2.27. The minimum absolute atomic E-state index is 0.0807. The number of ether oxygens (including phenoxy) is 1. The molecule has 2 aromatic rings. The third-order valence-electron chi connectivity index (χ3n) is 5.05. The van der Waals surface area contributed by atoms with Crippen molar-refractivity contribution >= 4 is 23.2 Å².